The number of nitrogens with zero attached hydrogens (tertiary/aromatic N) is 1. The molecule has 0 unspecified atom stereocenters. The minimum absolute atomic E-state index is 0. The van der Waals surface area contributed by atoms with Gasteiger partial charge in [0.25, 0.3) is 5.69 Å². The van der Waals surface area contributed by atoms with Crippen molar-refractivity contribution >= 4 is 11.5 Å². The van der Waals surface area contributed by atoms with E-state index in [0.29, 0.717) is 11.3 Å². The number of ketones is 1. The smallest absolute Gasteiger partial charge is 0.508 e. The van der Waals surface area contributed by atoms with E-state index in [1.807, 2.05) is 0 Å². The van der Waals surface area contributed by atoms with Crippen molar-refractivity contribution in [3.63, 3.8) is 0 Å². The van der Waals surface area contributed by atoms with Crippen LogP contribution in [0.5, 0.6) is 11.5 Å². The van der Waals surface area contributed by atoms with Gasteiger partial charge in [-0.1, -0.05) is 0 Å². The van der Waals surface area contributed by atoms with Crippen LogP contribution < -0.4 is 56.1 Å². The van der Waals surface area contributed by atoms with Crippen molar-refractivity contribution in [1.82, 2.24) is 0 Å². The van der Waals surface area contributed by atoms with Gasteiger partial charge in [0.1, 0.15) is 11.5 Å². The van der Waals surface area contributed by atoms with Gasteiger partial charge in [0.2, 0.25) is 0 Å². The van der Waals surface area contributed by atoms with Crippen molar-refractivity contribution in [1.29, 1.82) is 0 Å². The Labute approximate surface area is 169 Å². The standard InChI is InChI=1S/C15H13NO5.K/c1-21-13-5-2-10(3-6-13)15(18)9-11-8-12(16(19)20)4-7-14(11)17;/h2-8,17H,9H2,1H3;/q;+1. The number of phenols is 1. The molecular weight excluding hydrogens is 313 g/mol. The average Bonchev–Trinajstić information content (AvgIpc) is 2.49. The molecule has 0 saturated carbocycles. The number of Topliss-reactive ketones (excluding diaryl/α,β-unsaturated/α-hetero) is 1. The van der Waals surface area contributed by atoms with E-state index >= 15 is 0 Å². The Morgan fingerprint density at radius 2 is 1.86 bits per heavy atom. The average molecular weight is 326 g/mol. The molecule has 0 atom stereocenters. The fraction of sp³-hybridized carbons (Fsp3) is 0.133. The molecule has 7 heteroatoms. The van der Waals surface area contributed by atoms with Crippen LogP contribution in [0.15, 0.2) is 42.5 Å². The summed E-state index contributed by atoms with van der Waals surface area (Å²) in [5, 5.41) is 20.4. The molecular formula is C15H13KNO5+. The minimum Gasteiger partial charge on any atom is -0.508 e. The molecule has 2 rings (SSSR count). The van der Waals surface area contributed by atoms with Crippen molar-refractivity contribution in [2.45, 2.75) is 6.42 Å². The summed E-state index contributed by atoms with van der Waals surface area (Å²) in [4.78, 5) is 22.3. The van der Waals surface area contributed by atoms with Gasteiger partial charge in [-0.3, -0.25) is 14.9 Å². The SMILES string of the molecule is COc1ccc(C(=O)Cc2cc([N+](=O)[O-])ccc2O)cc1.[K+]. The maximum Gasteiger partial charge on any atom is 1.00 e. The molecule has 6 nitrogen and oxygen atoms in total. The molecule has 1 N–H and O–H groups in total. The third-order valence-electron chi connectivity index (χ3n) is 3.04. The maximum absolute atomic E-state index is 12.1. The van der Waals surface area contributed by atoms with E-state index < -0.39 is 4.92 Å². The first-order chi connectivity index (χ1) is 10.0. The fourth-order valence-corrected chi connectivity index (χ4v) is 1.88. The summed E-state index contributed by atoms with van der Waals surface area (Å²) in [5.41, 5.74) is 0.511. The van der Waals surface area contributed by atoms with Crippen LogP contribution >= 0.6 is 0 Å². The molecule has 2 aromatic rings. The van der Waals surface area contributed by atoms with Crippen molar-refractivity contribution in [2.75, 3.05) is 7.11 Å². The van der Waals surface area contributed by atoms with Crippen molar-refractivity contribution < 1.29 is 70.9 Å². The van der Waals surface area contributed by atoms with Gasteiger partial charge in [-0.05, 0) is 30.3 Å². The molecule has 0 aromatic heterocycles. The van der Waals surface area contributed by atoms with Gasteiger partial charge in [-0.25, -0.2) is 0 Å². The normalized spacial score (nSPS) is 9.68. The molecule has 0 aliphatic heterocycles. The Kier molecular flexibility index (Phi) is 7.17. The Morgan fingerprint density at radius 1 is 1.23 bits per heavy atom. The van der Waals surface area contributed by atoms with Crippen LogP contribution in [0.1, 0.15) is 15.9 Å². The van der Waals surface area contributed by atoms with Crippen molar-refractivity contribution in [3.05, 3.63) is 63.7 Å². The number of ether oxygens (including phenoxy) is 1. The van der Waals surface area contributed by atoms with E-state index in [1.54, 1.807) is 24.3 Å². The number of aromatic hydroxyl groups is 1. The van der Waals surface area contributed by atoms with Crippen LogP contribution in [-0.4, -0.2) is 22.9 Å². The van der Waals surface area contributed by atoms with Crippen LogP contribution in [0.25, 0.3) is 0 Å². The zero-order valence-corrected chi connectivity index (χ0v) is 15.4. The zero-order chi connectivity index (χ0) is 15.4. The second-order valence-corrected chi connectivity index (χ2v) is 4.40. The maximum atomic E-state index is 12.1. The van der Waals surface area contributed by atoms with E-state index in [9.17, 15) is 20.0 Å². The topological polar surface area (TPSA) is 89.7 Å². The van der Waals surface area contributed by atoms with Crippen LogP contribution in [0.3, 0.4) is 0 Å². The summed E-state index contributed by atoms with van der Waals surface area (Å²) in [7, 11) is 1.53. The number of rotatable bonds is 5. The summed E-state index contributed by atoms with van der Waals surface area (Å²) in [6.07, 6.45) is -0.111. The Morgan fingerprint density at radius 3 is 2.41 bits per heavy atom. The Balaban J connectivity index is 0.00000242. The van der Waals surface area contributed by atoms with E-state index in [2.05, 4.69) is 0 Å². The van der Waals surface area contributed by atoms with Gasteiger partial charge in [0.15, 0.2) is 5.78 Å². The summed E-state index contributed by atoms with van der Waals surface area (Å²) in [5.74, 6) is 0.251. The Bertz CT molecular complexity index is 685. The van der Waals surface area contributed by atoms with Gasteiger partial charge in [-0.2, -0.15) is 0 Å². The molecule has 0 fully saturated rings. The molecule has 0 aliphatic carbocycles. The number of hydrogen-bond donors (Lipinski definition) is 1. The van der Waals surface area contributed by atoms with Gasteiger partial charge >= 0.3 is 51.4 Å². The van der Waals surface area contributed by atoms with Crippen LogP contribution in [-0.2, 0) is 6.42 Å². The molecule has 0 aliphatic rings. The molecule has 0 amide bonds. The van der Waals surface area contributed by atoms with Crippen molar-refractivity contribution in [2.24, 2.45) is 0 Å². The number of methoxy groups -OCH3 is 1. The van der Waals surface area contributed by atoms with E-state index in [4.69, 9.17) is 4.74 Å². The summed E-state index contributed by atoms with van der Waals surface area (Å²) >= 11 is 0. The number of nitro benzene ring substituents is 1. The molecule has 22 heavy (non-hydrogen) atoms. The largest absolute Gasteiger partial charge is 1.00 e. The molecule has 0 heterocycles. The Hall–Kier alpha value is -1.25. The first-order valence-electron chi connectivity index (χ1n) is 6.15. The first kappa shape index (κ1) is 18.8. The molecule has 0 saturated heterocycles. The van der Waals surface area contributed by atoms with Crippen LogP contribution in [0.4, 0.5) is 5.69 Å². The predicted molar refractivity (Wildman–Crippen MR) is 75.8 cm³/mol. The second-order valence-electron chi connectivity index (χ2n) is 4.40. The number of phenolic OH excluding ortho intramolecular Hbond substituents is 1. The molecule has 0 spiro atoms. The molecule has 2 aromatic carbocycles. The summed E-state index contributed by atoms with van der Waals surface area (Å²) in [6.45, 7) is 0. The molecule has 0 radical (unpaired) electrons. The van der Waals surface area contributed by atoms with Gasteiger partial charge in [-0.15, -0.1) is 0 Å². The summed E-state index contributed by atoms with van der Waals surface area (Å²) in [6, 6.07) is 10.1. The monoisotopic (exact) mass is 326 g/mol. The second kappa shape index (κ2) is 8.40. The number of hydrogen-bond acceptors (Lipinski definition) is 5. The summed E-state index contributed by atoms with van der Waals surface area (Å²) < 4.78 is 5.00. The molecule has 0 bridgehead atoms. The number of benzene rings is 2. The van der Waals surface area contributed by atoms with E-state index in [0.717, 1.165) is 0 Å². The number of carbonyl (C=O) groups excluding carboxylic acids is 1. The van der Waals surface area contributed by atoms with Gasteiger partial charge in [0.05, 0.1) is 12.0 Å². The van der Waals surface area contributed by atoms with Crippen LogP contribution in [0, 0.1) is 10.1 Å². The van der Waals surface area contributed by atoms with E-state index in [1.165, 1.54) is 25.3 Å². The number of non-ortho nitro benzene ring substituents is 1. The minimum atomic E-state index is -0.569. The third kappa shape index (κ3) is 4.62. The van der Waals surface area contributed by atoms with Gasteiger partial charge < -0.3 is 9.84 Å². The predicted octanol–water partition coefficient (Wildman–Crippen LogP) is -0.262. The molecule has 108 valence electrons. The van der Waals surface area contributed by atoms with Crippen LogP contribution in [0.2, 0.25) is 0 Å². The van der Waals surface area contributed by atoms with Gasteiger partial charge in [0, 0.05) is 29.7 Å². The van der Waals surface area contributed by atoms with E-state index in [-0.39, 0.29) is 80.6 Å². The first-order valence-corrected chi connectivity index (χ1v) is 6.15. The quantitative estimate of drug-likeness (QED) is 0.354. The third-order valence-corrected chi connectivity index (χ3v) is 3.04. The fourth-order valence-electron chi connectivity index (χ4n) is 1.88. The van der Waals surface area contributed by atoms with Crippen molar-refractivity contribution in [3.8, 4) is 11.5 Å². The zero-order valence-electron chi connectivity index (χ0n) is 12.3. The number of nitro groups is 1. The number of carbonyl (C=O) groups is 1.